The lowest BCUT2D eigenvalue weighted by molar-refractivity contribution is -0.148. The smallest absolute Gasteiger partial charge is 0.323 e. The highest BCUT2D eigenvalue weighted by atomic mass is 32.2. The van der Waals surface area contributed by atoms with Gasteiger partial charge in [-0.15, -0.1) is 0 Å². The van der Waals surface area contributed by atoms with E-state index in [0.29, 0.717) is 12.2 Å². The Bertz CT molecular complexity index is 1070. The van der Waals surface area contributed by atoms with E-state index in [2.05, 4.69) is 5.32 Å². The van der Waals surface area contributed by atoms with Gasteiger partial charge in [0.05, 0.1) is 19.9 Å². The highest BCUT2D eigenvalue weighted by Gasteiger charge is 2.25. The van der Waals surface area contributed by atoms with Crippen LogP contribution in [0.25, 0.3) is 0 Å². The molecule has 0 spiro atoms. The Morgan fingerprint density at radius 1 is 0.705 bits per heavy atom. The molecule has 0 saturated heterocycles. The number of carbonyl (C=O) groups excluding carboxylic acids is 8. The minimum Gasteiger partial charge on any atom is -0.480 e. The zero-order valence-corrected chi connectivity index (χ0v) is 25.9. The number of ketones is 3. The second kappa shape index (κ2) is 21.7. The van der Waals surface area contributed by atoms with E-state index in [4.69, 9.17) is 22.3 Å². The van der Waals surface area contributed by atoms with Crippen LogP contribution in [0.4, 0.5) is 0 Å². The molecule has 0 rings (SSSR count). The number of hydrogen-bond donors (Lipinski definition) is 5. The predicted octanol–water partition coefficient (Wildman–Crippen LogP) is -2.82. The van der Waals surface area contributed by atoms with Crippen molar-refractivity contribution in [2.75, 3.05) is 51.5 Å². The minimum absolute atomic E-state index is 0.129. The lowest BCUT2D eigenvalue weighted by atomic mass is 10.0. The number of primary amides is 1. The quantitative estimate of drug-likeness (QED) is 0.0664. The largest absolute Gasteiger partial charge is 0.480 e. The molecule has 0 aliphatic carbocycles. The van der Waals surface area contributed by atoms with Gasteiger partial charge >= 0.3 is 5.97 Å². The Morgan fingerprint density at radius 3 is 1.59 bits per heavy atom. The van der Waals surface area contributed by atoms with Crippen LogP contribution in [0.15, 0.2) is 0 Å². The van der Waals surface area contributed by atoms with Crippen molar-refractivity contribution < 1.29 is 48.3 Å². The highest BCUT2D eigenvalue weighted by molar-refractivity contribution is 7.98. The predicted molar refractivity (Wildman–Crippen MR) is 158 cm³/mol. The van der Waals surface area contributed by atoms with Crippen LogP contribution >= 0.6 is 11.8 Å². The van der Waals surface area contributed by atoms with Crippen LogP contribution in [-0.2, 0) is 43.2 Å². The number of carboxylic acid groups (broad SMARTS) is 1. The van der Waals surface area contributed by atoms with E-state index in [9.17, 15) is 43.2 Å². The van der Waals surface area contributed by atoms with Crippen LogP contribution < -0.4 is 22.5 Å². The minimum atomic E-state index is -1.33. The number of thioether (sulfide) groups is 1. The molecule has 0 fully saturated rings. The molecule has 0 bridgehead atoms. The zero-order chi connectivity index (χ0) is 33.8. The van der Waals surface area contributed by atoms with Gasteiger partial charge in [-0.1, -0.05) is 0 Å². The summed E-state index contributed by atoms with van der Waals surface area (Å²) in [6, 6.07) is -0.828. The van der Waals surface area contributed by atoms with Crippen molar-refractivity contribution in [3.63, 3.8) is 0 Å². The maximum atomic E-state index is 12.7. The van der Waals surface area contributed by atoms with E-state index in [1.807, 2.05) is 6.26 Å². The molecular weight excluding hydrogens is 602 g/mol. The Morgan fingerprint density at radius 2 is 1.16 bits per heavy atom. The second-order valence-electron chi connectivity index (χ2n) is 9.74. The van der Waals surface area contributed by atoms with Gasteiger partial charge in [-0.25, -0.2) is 0 Å². The molecule has 17 nitrogen and oxygen atoms in total. The fourth-order valence-corrected chi connectivity index (χ4v) is 4.09. The topological polar surface area (TPSA) is 274 Å². The van der Waals surface area contributed by atoms with E-state index >= 15 is 0 Å². The number of nitrogens with one attached hydrogen (secondary N) is 1. The summed E-state index contributed by atoms with van der Waals surface area (Å²) in [7, 11) is 0. The number of nitrogens with zero attached hydrogens (tertiary/aromatic N) is 3. The van der Waals surface area contributed by atoms with E-state index < -0.39 is 80.2 Å². The molecule has 0 saturated carbocycles. The van der Waals surface area contributed by atoms with Crippen LogP contribution in [0.3, 0.4) is 0 Å². The lowest BCUT2D eigenvalue weighted by Crippen LogP contribution is -2.51. The fourth-order valence-electron chi connectivity index (χ4n) is 3.62. The number of carbonyl (C=O) groups is 9. The molecular formula is C26H43N7O10S. The molecule has 0 aliphatic heterocycles. The monoisotopic (exact) mass is 645 g/mol. The van der Waals surface area contributed by atoms with Crippen molar-refractivity contribution in [1.29, 1.82) is 0 Å². The first-order valence-electron chi connectivity index (χ1n) is 13.7. The molecule has 18 heteroatoms. The highest BCUT2D eigenvalue weighted by Crippen LogP contribution is 2.06. The average molecular weight is 646 g/mol. The van der Waals surface area contributed by atoms with Crippen molar-refractivity contribution in [3.8, 4) is 0 Å². The van der Waals surface area contributed by atoms with Crippen molar-refractivity contribution in [3.05, 3.63) is 0 Å². The van der Waals surface area contributed by atoms with E-state index in [1.165, 1.54) is 11.8 Å². The van der Waals surface area contributed by atoms with Gasteiger partial charge in [0.2, 0.25) is 29.5 Å². The molecule has 5 amide bonds. The third-order valence-corrected chi connectivity index (χ3v) is 6.87. The number of nitrogens with two attached hydrogens (primary N) is 3. The first-order valence-corrected chi connectivity index (χ1v) is 15.1. The molecule has 0 radical (unpaired) electrons. The van der Waals surface area contributed by atoms with Gasteiger partial charge in [0.1, 0.15) is 37.2 Å². The van der Waals surface area contributed by atoms with Gasteiger partial charge in [0.15, 0.2) is 5.78 Å². The molecule has 0 aromatic heterocycles. The zero-order valence-electron chi connectivity index (χ0n) is 25.1. The second-order valence-corrected chi connectivity index (χ2v) is 10.7. The number of hydrogen-bond acceptors (Lipinski definition) is 12. The fraction of sp³-hybridized carbons (Fsp3) is 0.654. The molecule has 0 aromatic rings. The van der Waals surface area contributed by atoms with Crippen molar-refractivity contribution >= 4 is 64.6 Å². The standard InChI is InChI=1S/C26H43N7O10S/c1-17(34)31(14-25(41)42)12-23(39)33(16-28)13-24(40)32(15-27)11-20(37)6-5-18(35)3-4-19(36)7-8-22(38)30-21(26(29)43)9-10-44-2/h21H,3-16,27-28H2,1-2H3,(H2,29,43)(H,30,38)(H,41,42). The summed E-state index contributed by atoms with van der Waals surface area (Å²) in [6.07, 6.45) is 1.23. The van der Waals surface area contributed by atoms with Crippen LogP contribution in [0, 0.1) is 0 Å². The first-order chi connectivity index (χ1) is 20.6. The van der Waals surface area contributed by atoms with Gasteiger partial charge in [-0.05, 0) is 18.4 Å². The Hall–Kier alpha value is -3.90. The number of aliphatic carboxylic acids is 1. The Labute approximate surface area is 259 Å². The van der Waals surface area contributed by atoms with Gasteiger partial charge in [-0.3, -0.25) is 43.2 Å². The third-order valence-electron chi connectivity index (χ3n) is 6.22. The maximum Gasteiger partial charge on any atom is 0.323 e. The number of Topliss-reactive ketones (excluding diaryl/α,β-unsaturated/α-hetero) is 3. The molecule has 0 heterocycles. The van der Waals surface area contributed by atoms with E-state index in [1.54, 1.807) is 0 Å². The van der Waals surface area contributed by atoms with Crippen LogP contribution in [0.2, 0.25) is 0 Å². The van der Waals surface area contributed by atoms with Gasteiger partial charge < -0.3 is 42.3 Å². The van der Waals surface area contributed by atoms with Crippen molar-refractivity contribution in [2.45, 2.75) is 57.9 Å². The van der Waals surface area contributed by atoms with Gasteiger partial charge in [0.25, 0.3) is 0 Å². The van der Waals surface area contributed by atoms with Crippen molar-refractivity contribution in [2.24, 2.45) is 17.2 Å². The van der Waals surface area contributed by atoms with E-state index in [-0.39, 0.29) is 56.8 Å². The summed E-state index contributed by atoms with van der Waals surface area (Å²) in [4.78, 5) is 110. The first kappa shape index (κ1) is 40.1. The van der Waals surface area contributed by atoms with Crippen molar-refractivity contribution in [1.82, 2.24) is 20.0 Å². The van der Waals surface area contributed by atoms with Crippen LogP contribution in [-0.4, -0.2) is 130 Å². The number of rotatable bonds is 24. The number of amides is 5. The molecule has 0 aliphatic rings. The third kappa shape index (κ3) is 17.3. The summed E-state index contributed by atoms with van der Waals surface area (Å²) in [5, 5.41) is 11.4. The summed E-state index contributed by atoms with van der Waals surface area (Å²) in [5.41, 5.74) is 16.4. The average Bonchev–Trinajstić information content (AvgIpc) is 2.96. The maximum absolute atomic E-state index is 12.7. The number of carboxylic acids is 1. The molecule has 0 aromatic carbocycles. The molecule has 248 valence electrons. The van der Waals surface area contributed by atoms with E-state index in [0.717, 1.165) is 21.6 Å². The lowest BCUT2D eigenvalue weighted by Gasteiger charge is -2.27. The Kier molecular flexibility index (Phi) is 19.8. The van der Waals surface area contributed by atoms with Gasteiger partial charge in [-0.2, -0.15) is 11.8 Å². The molecule has 44 heavy (non-hydrogen) atoms. The summed E-state index contributed by atoms with van der Waals surface area (Å²) in [5.74, 6) is -5.30. The molecule has 1 unspecified atom stereocenters. The Balaban J connectivity index is 4.65. The molecule has 8 N–H and O–H groups in total. The summed E-state index contributed by atoms with van der Waals surface area (Å²) >= 11 is 1.49. The van der Waals surface area contributed by atoms with Crippen LogP contribution in [0.5, 0.6) is 0 Å². The van der Waals surface area contributed by atoms with Gasteiger partial charge in [0, 0.05) is 45.4 Å². The summed E-state index contributed by atoms with van der Waals surface area (Å²) in [6.45, 7) is -2.12. The molecule has 1 atom stereocenters. The van der Waals surface area contributed by atoms with Crippen LogP contribution in [0.1, 0.15) is 51.9 Å². The SMILES string of the molecule is CSCCC(NC(=O)CCC(=O)CCC(=O)CCC(=O)CN(CN)C(=O)CN(CN)C(=O)CN(CC(=O)O)C(C)=O)C(N)=O. The summed E-state index contributed by atoms with van der Waals surface area (Å²) < 4.78 is 0. The normalized spacial score (nSPS) is 11.2.